The van der Waals surface area contributed by atoms with Crippen LogP contribution in [-0.2, 0) is 5.41 Å². The lowest BCUT2D eigenvalue weighted by Gasteiger charge is -2.16. The molecule has 0 N–H and O–H groups in total. The zero-order valence-corrected chi connectivity index (χ0v) is 8.16. The van der Waals surface area contributed by atoms with Crippen molar-refractivity contribution in [3.05, 3.63) is 23.9 Å². The minimum Gasteiger partial charge on any atom is -0.481 e. The van der Waals surface area contributed by atoms with Crippen molar-refractivity contribution < 1.29 is 4.74 Å². The Morgan fingerprint density at radius 3 is 2.69 bits per heavy atom. The van der Waals surface area contributed by atoms with E-state index in [9.17, 15) is 0 Å². The quantitative estimate of drug-likeness (QED) is 0.641. The average molecular weight is 175 g/mol. The van der Waals surface area contributed by atoms with Crippen LogP contribution in [0.5, 0.6) is 5.88 Å². The van der Waals surface area contributed by atoms with Gasteiger partial charge in [0.25, 0.3) is 0 Å². The van der Waals surface area contributed by atoms with Crippen LogP contribution < -0.4 is 4.74 Å². The molecule has 0 saturated heterocycles. The van der Waals surface area contributed by atoms with Crippen LogP contribution in [0.4, 0.5) is 0 Å². The molecule has 0 amide bonds. The maximum absolute atomic E-state index is 5.40. The fourth-order valence-corrected chi connectivity index (χ4v) is 0.951. The molecule has 2 nitrogen and oxygen atoms in total. The highest BCUT2D eigenvalue weighted by Crippen LogP contribution is 2.21. The molecule has 0 unspecified atom stereocenters. The zero-order valence-electron chi connectivity index (χ0n) is 8.16. The molecule has 1 heterocycles. The molecule has 13 heavy (non-hydrogen) atoms. The van der Waals surface area contributed by atoms with E-state index in [1.165, 1.54) is 0 Å². The first-order valence-electron chi connectivity index (χ1n) is 4.09. The number of terminal acetylenes is 1. The summed E-state index contributed by atoms with van der Waals surface area (Å²) in [5.41, 5.74) is 0.517. The number of pyridine rings is 1. The van der Waals surface area contributed by atoms with Crippen LogP contribution in [-0.4, -0.2) is 12.1 Å². The van der Waals surface area contributed by atoms with Gasteiger partial charge in [0.15, 0.2) is 0 Å². The number of aromatic nitrogens is 1. The monoisotopic (exact) mass is 175 g/mol. The second-order valence-electron chi connectivity index (χ2n) is 3.33. The molecule has 1 rings (SSSR count). The molecule has 1 aromatic heterocycles. The molecule has 0 saturated carbocycles. The Labute approximate surface area is 79.0 Å². The molecular formula is C11H13NO. The fourth-order valence-electron chi connectivity index (χ4n) is 0.951. The van der Waals surface area contributed by atoms with Crippen LogP contribution in [0.1, 0.15) is 19.5 Å². The van der Waals surface area contributed by atoms with Crippen LogP contribution in [0.2, 0.25) is 0 Å². The Kier molecular flexibility index (Phi) is 2.57. The highest BCUT2D eigenvalue weighted by Gasteiger charge is 2.18. The summed E-state index contributed by atoms with van der Waals surface area (Å²) in [5.74, 6) is 3.29. The van der Waals surface area contributed by atoms with Crippen LogP contribution >= 0.6 is 0 Å². The summed E-state index contributed by atoms with van der Waals surface area (Å²) >= 11 is 0. The van der Waals surface area contributed by atoms with Crippen LogP contribution in [0.25, 0.3) is 0 Å². The molecule has 0 atom stereocenters. The summed E-state index contributed by atoms with van der Waals surface area (Å²) in [5, 5.41) is 0. The fraction of sp³-hybridized carbons (Fsp3) is 0.364. The van der Waals surface area contributed by atoms with Gasteiger partial charge in [-0.1, -0.05) is 12.0 Å². The second kappa shape index (κ2) is 3.49. The number of hydrogen-bond acceptors (Lipinski definition) is 2. The largest absolute Gasteiger partial charge is 0.481 e. The Hall–Kier alpha value is -1.49. The number of ether oxygens (including phenoxy) is 1. The van der Waals surface area contributed by atoms with Crippen molar-refractivity contribution in [2.24, 2.45) is 0 Å². The van der Waals surface area contributed by atoms with Crippen LogP contribution in [0, 0.1) is 12.3 Å². The standard InChI is InChI=1S/C11H13NO/c1-5-11(2,3)9-7-6-8-10(12-9)13-4/h1,6-8H,2-4H3. The molecular weight excluding hydrogens is 162 g/mol. The van der Waals surface area contributed by atoms with Gasteiger partial charge in [-0.15, -0.1) is 6.42 Å². The minimum absolute atomic E-state index is 0.339. The topological polar surface area (TPSA) is 22.1 Å². The molecule has 1 aromatic rings. The lowest BCUT2D eigenvalue weighted by atomic mass is 9.90. The Morgan fingerprint density at radius 2 is 2.15 bits per heavy atom. The van der Waals surface area contributed by atoms with E-state index in [0.717, 1.165) is 5.69 Å². The maximum atomic E-state index is 5.40. The smallest absolute Gasteiger partial charge is 0.213 e. The maximum Gasteiger partial charge on any atom is 0.213 e. The lowest BCUT2D eigenvalue weighted by molar-refractivity contribution is 0.394. The van der Waals surface area contributed by atoms with Gasteiger partial charge in [-0.25, -0.2) is 4.98 Å². The van der Waals surface area contributed by atoms with Crippen molar-refractivity contribution in [2.75, 3.05) is 7.11 Å². The molecule has 0 aliphatic rings. The third-order valence-electron chi connectivity index (χ3n) is 1.93. The first kappa shape index (κ1) is 9.60. The van der Waals surface area contributed by atoms with Gasteiger partial charge in [0.05, 0.1) is 18.2 Å². The molecule has 0 radical (unpaired) electrons. The Morgan fingerprint density at radius 1 is 1.46 bits per heavy atom. The van der Waals surface area contributed by atoms with Crippen molar-refractivity contribution in [3.63, 3.8) is 0 Å². The van der Waals surface area contributed by atoms with Crippen molar-refractivity contribution in [3.8, 4) is 18.2 Å². The number of nitrogens with zero attached hydrogens (tertiary/aromatic N) is 1. The van der Waals surface area contributed by atoms with Crippen LogP contribution in [0.15, 0.2) is 18.2 Å². The molecule has 68 valence electrons. The molecule has 2 heteroatoms. The Balaban J connectivity index is 3.10. The summed E-state index contributed by atoms with van der Waals surface area (Å²) in [6, 6.07) is 5.60. The number of hydrogen-bond donors (Lipinski definition) is 0. The van der Waals surface area contributed by atoms with E-state index in [1.54, 1.807) is 13.2 Å². The highest BCUT2D eigenvalue weighted by atomic mass is 16.5. The molecule has 0 fully saturated rings. The molecule has 0 aliphatic heterocycles. The molecule has 0 aromatic carbocycles. The second-order valence-corrected chi connectivity index (χ2v) is 3.33. The Bertz CT molecular complexity index is 336. The summed E-state index contributed by atoms with van der Waals surface area (Å²) < 4.78 is 5.01. The van der Waals surface area contributed by atoms with E-state index in [2.05, 4.69) is 10.9 Å². The molecule has 0 aliphatic carbocycles. The van der Waals surface area contributed by atoms with Gasteiger partial charge < -0.3 is 4.74 Å². The van der Waals surface area contributed by atoms with Crippen molar-refractivity contribution in [1.29, 1.82) is 0 Å². The zero-order chi connectivity index (χ0) is 9.90. The van der Waals surface area contributed by atoms with Gasteiger partial charge >= 0.3 is 0 Å². The van der Waals surface area contributed by atoms with Gasteiger partial charge in [-0.05, 0) is 19.9 Å². The van der Waals surface area contributed by atoms with Gasteiger partial charge in [-0.2, -0.15) is 0 Å². The number of methoxy groups -OCH3 is 1. The van der Waals surface area contributed by atoms with Crippen molar-refractivity contribution in [1.82, 2.24) is 4.98 Å². The normalized spacial score (nSPS) is 10.6. The highest BCUT2D eigenvalue weighted by molar-refractivity contribution is 5.28. The van der Waals surface area contributed by atoms with E-state index >= 15 is 0 Å². The molecule has 0 spiro atoms. The summed E-state index contributed by atoms with van der Waals surface area (Å²) in [6.07, 6.45) is 5.40. The lowest BCUT2D eigenvalue weighted by Crippen LogP contribution is -2.15. The van der Waals surface area contributed by atoms with E-state index in [1.807, 2.05) is 26.0 Å². The van der Waals surface area contributed by atoms with Crippen molar-refractivity contribution >= 4 is 0 Å². The summed E-state index contributed by atoms with van der Waals surface area (Å²) in [7, 11) is 1.59. The SMILES string of the molecule is C#CC(C)(C)c1cccc(OC)n1. The van der Waals surface area contributed by atoms with E-state index in [4.69, 9.17) is 11.2 Å². The average Bonchev–Trinajstić information content (AvgIpc) is 2.18. The number of rotatable bonds is 2. The summed E-state index contributed by atoms with van der Waals surface area (Å²) in [4.78, 5) is 4.27. The van der Waals surface area contributed by atoms with E-state index < -0.39 is 0 Å². The van der Waals surface area contributed by atoms with Crippen molar-refractivity contribution in [2.45, 2.75) is 19.3 Å². The van der Waals surface area contributed by atoms with Crippen LogP contribution in [0.3, 0.4) is 0 Å². The predicted molar refractivity (Wildman–Crippen MR) is 52.6 cm³/mol. The summed E-state index contributed by atoms with van der Waals surface area (Å²) in [6.45, 7) is 3.91. The van der Waals surface area contributed by atoms with Gasteiger partial charge in [0, 0.05) is 6.07 Å². The van der Waals surface area contributed by atoms with E-state index in [0.29, 0.717) is 5.88 Å². The predicted octanol–water partition coefficient (Wildman–Crippen LogP) is 2.00. The van der Waals surface area contributed by atoms with Gasteiger partial charge in [0.2, 0.25) is 5.88 Å². The minimum atomic E-state index is -0.339. The first-order chi connectivity index (χ1) is 6.10. The first-order valence-corrected chi connectivity index (χ1v) is 4.09. The van der Waals surface area contributed by atoms with Gasteiger partial charge in [-0.3, -0.25) is 0 Å². The van der Waals surface area contributed by atoms with Gasteiger partial charge in [0.1, 0.15) is 0 Å². The third kappa shape index (κ3) is 2.00. The third-order valence-corrected chi connectivity index (χ3v) is 1.93. The van der Waals surface area contributed by atoms with E-state index in [-0.39, 0.29) is 5.41 Å². The molecule has 0 bridgehead atoms.